The molecule has 0 bridgehead atoms. The Bertz CT molecular complexity index is 1560. The maximum Gasteiger partial charge on any atom is 0.323 e. The van der Waals surface area contributed by atoms with Crippen molar-refractivity contribution in [2.24, 2.45) is 5.92 Å². The van der Waals surface area contributed by atoms with Crippen LogP contribution in [-0.4, -0.2) is 45.2 Å². The summed E-state index contributed by atoms with van der Waals surface area (Å²) < 4.78 is 38.0. The largest absolute Gasteiger partial charge is 0.494 e. The van der Waals surface area contributed by atoms with E-state index in [2.05, 4.69) is 42.3 Å². The van der Waals surface area contributed by atoms with Crippen LogP contribution in [0.2, 0.25) is 0 Å². The zero-order valence-electron chi connectivity index (χ0n) is 20.5. The molecule has 1 aliphatic rings. The number of hydrogen-bond acceptors (Lipinski definition) is 10. The molecule has 4 aromatic heterocycles. The number of rotatable bonds is 7. The van der Waals surface area contributed by atoms with Crippen LogP contribution in [-0.2, 0) is 0 Å². The molecule has 194 valence electrons. The quantitative estimate of drug-likeness (QED) is 0.324. The van der Waals surface area contributed by atoms with Gasteiger partial charge in [0.25, 0.3) is 12.3 Å². The zero-order chi connectivity index (χ0) is 26.8. The SMILES string of the molecule is COc1cnc(C(F)F)cc1-c1cc(N(C)c2nnc(C)o2)ncc1C(=O)Nc1ncc(C#CC2CC2)s1. The lowest BCUT2D eigenvalue weighted by molar-refractivity contribution is 0.102. The van der Waals surface area contributed by atoms with Gasteiger partial charge in [-0.1, -0.05) is 28.3 Å². The molecule has 0 spiro atoms. The van der Waals surface area contributed by atoms with Gasteiger partial charge < -0.3 is 9.15 Å². The topological polar surface area (TPSA) is 119 Å². The number of carbonyl (C=O) groups is 1. The van der Waals surface area contributed by atoms with Gasteiger partial charge in [-0.3, -0.25) is 20.0 Å². The third-order valence-electron chi connectivity index (χ3n) is 5.61. The average molecular weight is 538 g/mol. The molecule has 0 atom stereocenters. The molecule has 4 heterocycles. The summed E-state index contributed by atoms with van der Waals surface area (Å²) in [5, 5.41) is 10.9. The van der Waals surface area contributed by atoms with Crippen LogP contribution in [0.3, 0.4) is 0 Å². The second-order valence-corrected chi connectivity index (χ2v) is 9.42. The van der Waals surface area contributed by atoms with Crippen LogP contribution in [0, 0.1) is 24.7 Å². The molecule has 13 heteroatoms. The Hall–Kier alpha value is -4.44. The Morgan fingerprint density at radius 1 is 1.18 bits per heavy atom. The molecule has 0 radical (unpaired) electrons. The first-order valence-electron chi connectivity index (χ1n) is 11.5. The fourth-order valence-corrected chi connectivity index (χ4v) is 4.13. The number of anilines is 3. The predicted octanol–water partition coefficient (Wildman–Crippen LogP) is 5.02. The fraction of sp³-hybridized carbons (Fsp3) is 0.280. The van der Waals surface area contributed by atoms with E-state index in [1.165, 1.54) is 41.8 Å². The molecule has 1 N–H and O–H groups in total. The maximum atomic E-state index is 13.5. The molecule has 1 fully saturated rings. The smallest absolute Gasteiger partial charge is 0.323 e. The molecular formula is C25H21F2N7O3S. The van der Waals surface area contributed by atoms with Gasteiger partial charge in [-0.15, -0.1) is 5.10 Å². The summed E-state index contributed by atoms with van der Waals surface area (Å²) in [7, 11) is 3.03. The molecule has 5 rings (SSSR count). The van der Waals surface area contributed by atoms with Crippen molar-refractivity contribution in [1.82, 2.24) is 25.1 Å². The summed E-state index contributed by atoms with van der Waals surface area (Å²) in [6.45, 7) is 1.64. The monoisotopic (exact) mass is 537 g/mol. The molecule has 1 amide bonds. The van der Waals surface area contributed by atoms with E-state index in [9.17, 15) is 13.6 Å². The lowest BCUT2D eigenvalue weighted by atomic mass is 10.00. The van der Waals surface area contributed by atoms with Crippen LogP contribution in [0.15, 0.2) is 35.1 Å². The number of thiazole rings is 1. The number of nitrogens with zero attached hydrogens (tertiary/aromatic N) is 6. The van der Waals surface area contributed by atoms with Gasteiger partial charge in [0, 0.05) is 37.2 Å². The van der Waals surface area contributed by atoms with Crippen molar-refractivity contribution in [2.75, 3.05) is 24.4 Å². The minimum Gasteiger partial charge on any atom is -0.494 e. The number of ether oxygens (including phenoxy) is 1. The summed E-state index contributed by atoms with van der Waals surface area (Å²) in [6.07, 6.45) is 3.51. The average Bonchev–Trinajstić information content (AvgIpc) is 3.48. The number of alkyl halides is 2. The maximum absolute atomic E-state index is 13.5. The highest BCUT2D eigenvalue weighted by Crippen LogP contribution is 2.37. The minimum atomic E-state index is -2.83. The number of halogens is 2. The highest BCUT2D eigenvalue weighted by atomic mass is 32.1. The standard InChI is InChI=1S/C25H21F2N7O3S/c1-13-32-33-25(37-13)34(2)21-9-16(17-8-19(22(26)27)28-12-20(17)36-3)18(11-29-21)23(35)31-24-30-10-15(38-24)7-6-14-4-5-14/h8-12,14,22H,4-5H2,1-3H3,(H,30,31,35). The van der Waals surface area contributed by atoms with Crippen LogP contribution in [0.4, 0.5) is 25.7 Å². The van der Waals surface area contributed by atoms with Crippen LogP contribution in [0.5, 0.6) is 5.75 Å². The van der Waals surface area contributed by atoms with Gasteiger partial charge in [0.05, 0.1) is 29.9 Å². The van der Waals surface area contributed by atoms with Crippen molar-refractivity contribution in [1.29, 1.82) is 0 Å². The van der Waals surface area contributed by atoms with E-state index in [0.29, 0.717) is 22.8 Å². The van der Waals surface area contributed by atoms with Gasteiger partial charge in [0.1, 0.15) is 17.3 Å². The molecule has 0 unspecified atom stereocenters. The van der Waals surface area contributed by atoms with Crippen molar-refractivity contribution >= 4 is 34.2 Å². The molecule has 1 saturated carbocycles. The van der Waals surface area contributed by atoms with Gasteiger partial charge >= 0.3 is 6.01 Å². The minimum absolute atomic E-state index is 0.106. The molecule has 0 saturated heterocycles. The predicted molar refractivity (Wildman–Crippen MR) is 136 cm³/mol. The molecule has 1 aliphatic carbocycles. The first-order chi connectivity index (χ1) is 18.3. The highest BCUT2D eigenvalue weighted by Gasteiger charge is 2.23. The van der Waals surface area contributed by atoms with E-state index >= 15 is 0 Å². The normalized spacial score (nSPS) is 12.7. The second-order valence-electron chi connectivity index (χ2n) is 8.39. The van der Waals surface area contributed by atoms with E-state index in [-0.39, 0.29) is 28.5 Å². The fourth-order valence-electron chi connectivity index (χ4n) is 3.46. The number of hydrogen-bond donors (Lipinski definition) is 1. The second kappa shape index (κ2) is 10.5. The summed E-state index contributed by atoms with van der Waals surface area (Å²) in [4.78, 5) is 28.0. The number of methoxy groups -OCH3 is 1. The third kappa shape index (κ3) is 5.45. The molecule has 0 aromatic carbocycles. The van der Waals surface area contributed by atoms with Crippen LogP contribution >= 0.6 is 11.3 Å². The lowest BCUT2D eigenvalue weighted by Gasteiger charge is -2.18. The van der Waals surface area contributed by atoms with E-state index in [1.54, 1.807) is 26.2 Å². The number of aromatic nitrogens is 5. The van der Waals surface area contributed by atoms with Crippen molar-refractivity contribution in [2.45, 2.75) is 26.2 Å². The van der Waals surface area contributed by atoms with E-state index in [0.717, 1.165) is 17.7 Å². The Morgan fingerprint density at radius 2 is 2.00 bits per heavy atom. The van der Waals surface area contributed by atoms with Gasteiger partial charge in [0.2, 0.25) is 5.89 Å². The summed E-state index contributed by atoms with van der Waals surface area (Å²) in [6, 6.07) is 2.90. The van der Waals surface area contributed by atoms with E-state index in [4.69, 9.17) is 9.15 Å². The molecule has 0 aliphatic heterocycles. The third-order valence-corrected chi connectivity index (χ3v) is 6.43. The molecular weight excluding hydrogens is 516 g/mol. The summed E-state index contributed by atoms with van der Waals surface area (Å²) in [5.41, 5.74) is 0.151. The first kappa shape index (κ1) is 25.2. The molecule has 38 heavy (non-hydrogen) atoms. The zero-order valence-corrected chi connectivity index (χ0v) is 21.3. The number of amides is 1. The Balaban J connectivity index is 1.54. The Labute approximate surface area is 220 Å². The highest BCUT2D eigenvalue weighted by molar-refractivity contribution is 7.16. The summed E-state index contributed by atoms with van der Waals surface area (Å²) in [5.74, 6) is 6.99. The summed E-state index contributed by atoms with van der Waals surface area (Å²) >= 11 is 1.24. The van der Waals surface area contributed by atoms with Crippen molar-refractivity contribution < 1.29 is 22.7 Å². The Kier molecular flexibility index (Phi) is 6.97. The molecule has 10 nitrogen and oxygen atoms in total. The van der Waals surface area contributed by atoms with Crippen molar-refractivity contribution in [3.63, 3.8) is 0 Å². The molecule has 4 aromatic rings. The van der Waals surface area contributed by atoms with Gasteiger partial charge in [-0.05, 0) is 25.0 Å². The van der Waals surface area contributed by atoms with Crippen LogP contribution in [0.25, 0.3) is 11.1 Å². The van der Waals surface area contributed by atoms with Crippen LogP contribution < -0.4 is 15.0 Å². The number of aryl methyl sites for hydroxylation is 1. The van der Waals surface area contributed by atoms with E-state index in [1.807, 2.05) is 0 Å². The number of nitrogens with one attached hydrogen (secondary N) is 1. The number of pyridine rings is 2. The first-order valence-corrected chi connectivity index (χ1v) is 12.3. The van der Waals surface area contributed by atoms with Gasteiger partial charge in [-0.25, -0.2) is 18.7 Å². The van der Waals surface area contributed by atoms with Crippen LogP contribution in [0.1, 0.15) is 46.1 Å². The van der Waals surface area contributed by atoms with Crippen molar-refractivity contribution in [3.05, 3.63) is 52.7 Å². The number of carbonyl (C=O) groups excluding carboxylic acids is 1. The van der Waals surface area contributed by atoms with Crippen molar-refractivity contribution in [3.8, 4) is 28.7 Å². The van der Waals surface area contributed by atoms with E-state index < -0.39 is 18.0 Å². The van der Waals surface area contributed by atoms with Gasteiger partial charge in [-0.2, -0.15) is 0 Å². The Morgan fingerprint density at radius 3 is 2.68 bits per heavy atom. The lowest BCUT2D eigenvalue weighted by Crippen LogP contribution is -2.16. The van der Waals surface area contributed by atoms with Gasteiger partial charge in [0.15, 0.2) is 5.13 Å².